The first-order chi connectivity index (χ1) is 8.21. The average Bonchev–Trinajstić information content (AvgIpc) is 2.25. The van der Waals surface area contributed by atoms with Gasteiger partial charge >= 0.3 is 6.18 Å². The molecule has 0 fully saturated rings. The molecule has 0 aromatic heterocycles. The molecule has 0 aliphatic carbocycles. The molecule has 1 amide bonds. The van der Waals surface area contributed by atoms with Crippen LogP contribution in [0.4, 0.5) is 18.9 Å². The number of amides is 1. The van der Waals surface area contributed by atoms with Gasteiger partial charge in [-0.3, -0.25) is 4.79 Å². The van der Waals surface area contributed by atoms with E-state index in [0.717, 1.165) is 6.07 Å². The quantitative estimate of drug-likeness (QED) is 0.784. The number of carbonyl (C=O) groups excluding carboxylic acids is 1. The van der Waals surface area contributed by atoms with Crippen molar-refractivity contribution >= 4 is 23.2 Å². The van der Waals surface area contributed by atoms with Gasteiger partial charge in [0.05, 0.1) is 5.56 Å². The molecule has 0 aliphatic heterocycles. The summed E-state index contributed by atoms with van der Waals surface area (Å²) in [6.07, 6.45) is -4.55. The van der Waals surface area contributed by atoms with Crippen molar-refractivity contribution in [2.45, 2.75) is 12.2 Å². The topological polar surface area (TPSA) is 81.1 Å². The van der Waals surface area contributed by atoms with Gasteiger partial charge in [0.2, 0.25) is 5.91 Å². The average molecular weight is 282 g/mol. The number of hydrogen-bond acceptors (Lipinski definition) is 3. The van der Waals surface area contributed by atoms with Crippen LogP contribution in [-0.2, 0) is 11.0 Å². The number of primary amides is 1. The third kappa shape index (κ3) is 3.78. The molecule has 1 rings (SSSR count). The summed E-state index contributed by atoms with van der Waals surface area (Å²) in [6.45, 7) is -0.194. The number of alkyl halides is 3. The lowest BCUT2D eigenvalue weighted by atomic mass is 10.1. The summed E-state index contributed by atoms with van der Waals surface area (Å²) >= 11 is 5.51. The van der Waals surface area contributed by atoms with Crippen LogP contribution in [0.1, 0.15) is 5.56 Å². The first kappa shape index (κ1) is 14.6. The van der Waals surface area contributed by atoms with E-state index in [1.807, 2.05) is 0 Å². The van der Waals surface area contributed by atoms with E-state index in [0.29, 0.717) is 0 Å². The Morgan fingerprint density at radius 1 is 1.44 bits per heavy atom. The number of rotatable bonds is 4. The lowest BCUT2D eigenvalue weighted by Crippen LogP contribution is -2.41. The number of anilines is 1. The van der Waals surface area contributed by atoms with Gasteiger partial charge in [-0.05, 0) is 18.2 Å². The Balaban J connectivity index is 2.92. The summed E-state index contributed by atoms with van der Waals surface area (Å²) in [4.78, 5) is 10.7. The number of carbonyl (C=O) groups is 1. The molecule has 1 aromatic carbocycles. The van der Waals surface area contributed by atoms with Gasteiger partial charge < -0.3 is 16.8 Å². The van der Waals surface area contributed by atoms with Gasteiger partial charge in [-0.2, -0.15) is 13.2 Å². The van der Waals surface area contributed by atoms with Gasteiger partial charge in [-0.1, -0.05) is 11.6 Å². The lowest BCUT2D eigenvalue weighted by molar-refractivity contribution is -0.137. The summed E-state index contributed by atoms with van der Waals surface area (Å²) in [5.74, 6) is -0.801. The second-order valence-corrected chi connectivity index (χ2v) is 4.01. The Bertz CT molecular complexity index is 450. The number of nitrogens with two attached hydrogens (primary N) is 2. The van der Waals surface area contributed by atoms with Gasteiger partial charge in [0.15, 0.2) is 0 Å². The minimum Gasteiger partial charge on any atom is -0.382 e. The maximum Gasteiger partial charge on any atom is 0.418 e. The summed E-state index contributed by atoms with van der Waals surface area (Å²) in [6, 6.07) is 2.19. The van der Waals surface area contributed by atoms with Crippen LogP contribution in [-0.4, -0.2) is 18.5 Å². The van der Waals surface area contributed by atoms with Crippen LogP contribution in [0.5, 0.6) is 0 Å². The molecule has 0 saturated heterocycles. The zero-order valence-corrected chi connectivity index (χ0v) is 9.85. The number of halogens is 4. The van der Waals surface area contributed by atoms with Crippen molar-refractivity contribution in [2.24, 2.45) is 11.5 Å². The van der Waals surface area contributed by atoms with E-state index in [1.165, 1.54) is 12.1 Å². The SMILES string of the molecule is NC(=O)C(N)CNc1ccc(Cl)cc1C(F)(F)F. The molecular formula is C10H11ClF3N3O. The standard InChI is InChI=1S/C10H11ClF3N3O/c11-5-1-2-8(6(3-5)10(12,13)14)17-4-7(15)9(16)18/h1-3,7,17H,4,15H2,(H2,16,18). The van der Waals surface area contributed by atoms with E-state index < -0.39 is 23.7 Å². The lowest BCUT2D eigenvalue weighted by Gasteiger charge is -2.16. The highest BCUT2D eigenvalue weighted by atomic mass is 35.5. The van der Waals surface area contributed by atoms with E-state index in [1.54, 1.807) is 0 Å². The van der Waals surface area contributed by atoms with E-state index in [2.05, 4.69) is 5.32 Å². The zero-order valence-electron chi connectivity index (χ0n) is 9.09. The molecule has 1 aromatic rings. The highest BCUT2D eigenvalue weighted by Crippen LogP contribution is 2.36. The van der Waals surface area contributed by atoms with Crippen LogP contribution >= 0.6 is 11.6 Å². The second kappa shape index (κ2) is 5.45. The predicted molar refractivity (Wildman–Crippen MR) is 62.1 cm³/mol. The van der Waals surface area contributed by atoms with Crippen LogP contribution in [0.25, 0.3) is 0 Å². The van der Waals surface area contributed by atoms with E-state index in [9.17, 15) is 18.0 Å². The fraction of sp³-hybridized carbons (Fsp3) is 0.300. The Morgan fingerprint density at radius 2 is 2.06 bits per heavy atom. The molecule has 5 N–H and O–H groups in total. The molecule has 0 radical (unpaired) electrons. The predicted octanol–water partition coefficient (Wildman–Crippen LogP) is 1.58. The Kier molecular flexibility index (Phi) is 4.42. The van der Waals surface area contributed by atoms with Crippen LogP contribution in [0, 0.1) is 0 Å². The molecule has 0 aliphatic rings. The van der Waals surface area contributed by atoms with Crippen molar-refractivity contribution in [1.29, 1.82) is 0 Å². The highest BCUT2D eigenvalue weighted by molar-refractivity contribution is 6.30. The Morgan fingerprint density at radius 3 is 2.56 bits per heavy atom. The summed E-state index contributed by atoms with van der Waals surface area (Å²) in [5, 5.41) is 2.39. The Hall–Kier alpha value is -1.47. The normalized spacial score (nSPS) is 13.2. The summed E-state index contributed by atoms with van der Waals surface area (Å²) < 4.78 is 38.1. The molecule has 1 unspecified atom stereocenters. The molecule has 8 heteroatoms. The molecule has 0 saturated carbocycles. The van der Waals surface area contributed by atoms with E-state index >= 15 is 0 Å². The summed E-state index contributed by atoms with van der Waals surface area (Å²) in [5.41, 5.74) is 9.08. The second-order valence-electron chi connectivity index (χ2n) is 3.58. The maximum absolute atomic E-state index is 12.7. The first-order valence-electron chi connectivity index (χ1n) is 4.87. The van der Waals surface area contributed by atoms with Gasteiger partial charge in [-0.25, -0.2) is 0 Å². The summed E-state index contributed by atoms with van der Waals surface area (Å²) in [7, 11) is 0. The zero-order chi connectivity index (χ0) is 13.9. The molecule has 0 spiro atoms. The van der Waals surface area contributed by atoms with E-state index in [4.69, 9.17) is 23.1 Å². The molecule has 0 bridgehead atoms. The van der Waals surface area contributed by atoms with Crippen molar-refractivity contribution < 1.29 is 18.0 Å². The minimum absolute atomic E-state index is 0.0351. The fourth-order valence-corrected chi connectivity index (χ4v) is 1.40. The molecule has 18 heavy (non-hydrogen) atoms. The van der Waals surface area contributed by atoms with Crippen molar-refractivity contribution in [1.82, 2.24) is 0 Å². The third-order valence-corrected chi connectivity index (χ3v) is 2.40. The molecular weight excluding hydrogens is 271 g/mol. The first-order valence-corrected chi connectivity index (χ1v) is 5.25. The molecule has 100 valence electrons. The minimum atomic E-state index is -4.55. The number of benzene rings is 1. The molecule has 1 atom stereocenters. The monoisotopic (exact) mass is 281 g/mol. The largest absolute Gasteiger partial charge is 0.418 e. The highest BCUT2D eigenvalue weighted by Gasteiger charge is 2.33. The van der Waals surface area contributed by atoms with Gasteiger partial charge in [0.1, 0.15) is 6.04 Å². The number of nitrogens with one attached hydrogen (secondary N) is 1. The van der Waals surface area contributed by atoms with Crippen molar-refractivity contribution in [3.63, 3.8) is 0 Å². The van der Waals surface area contributed by atoms with E-state index in [-0.39, 0.29) is 17.3 Å². The van der Waals surface area contributed by atoms with Crippen LogP contribution < -0.4 is 16.8 Å². The van der Waals surface area contributed by atoms with Gasteiger partial charge in [-0.15, -0.1) is 0 Å². The van der Waals surface area contributed by atoms with Gasteiger partial charge in [0, 0.05) is 17.3 Å². The van der Waals surface area contributed by atoms with Crippen molar-refractivity contribution in [3.05, 3.63) is 28.8 Å². The van der Waals surface area contributed by atoms with Crippen molar-refractivity contribution in [3.8, 4) is 0 Å². The van der Waals surface area contributed by atoms with Gasteiger partial charge in [0.25, 0.3) is 0 Å². The van der Waals surface area contributed by atoms with Crippen LogP contribution in [0.3, 0.4) is 0 Å². The molecule has 0 heterocycles. The van der Waals surface area contributed by atoms with Crippen LogP contribution in [0.2, 0.25) is 5.02 Å². The van der Waals surface area contributed by atoms with Crippen molar-refractivity contribution in [2.75, 3.05) is 11.9 Å². The Labute approximate surface area is 106 Å². The van der Waals surface area contributed by atoms with Crippen LogP contribution in [0.15, 0.2) is 18.2 Å². The smallest absolute Gasteiger partial charge is 0.382 e. The number of hydrogen-bond donors (Lipinski definition) is 3. The third-order valence-electron chi connectivity index (χ3n) is 2.16. The maximum atomic E-state index is 12.7. The fourth-order valence-electron chi connectivity index (χ4n) is 1.23. The molecule has 4 nitrogen and oxygen atoms in total.